The molecule has 2 N–H and O–H groups in total. The average Bonchev–Trinajstić information content (AvgIpc) is 2.45. The van der Waals surface area contributed by atoms with E-state index in [9.17, 15) is 9.59 Å². The largest absolute Gasteiger partial charge is 0.466 e. The molecule has 22 heavy (non-hydrogen) atoms. The summed E-state index contributed by atoms with van der Waals surface area (Å²) in [5.41, 5.74) is 0. The highest BCUT2D eigenvalue weighted by Gasteiger charge is 2.06. The molecule has 6 nitrogen and oxygen atoms in total. The Labute approximate surface area is 133 Å². The summed E-state index contributed by atoms with van der Waals surface area (Å²) in [5, 5.41) is 11.5. The van der Waals surface area contributed by atoms with E-state index in [4.69, 9.17) is 14.5 Å². The zero-order chi connectivity index (χ0) is 16.6. The van der Waals surface area contributed by atoms with E-state index >= 15 is 0 Å². The molecule has 7 heteroatoms. The van der Waals surface area contributed by atoms with E-state index < -0.39 is 7.05 Å². The van der Waals surface area contributed by atoms with Crippen molar-refractivity contribution in [1.82, 2.24) is 5.23 Å². The minimum absolute atomic E-state index is 0.0327. The normalized spacial score (nSPS) is 10.7. The van der Waals surface area contributed by atoms with Crippen LogP contribution >= 0.6 is 0 Å². The first-order valence-electron chi connectivity index (χ1n) is 7.88. The molecular weight excluding hydrogens is 285 g/mol. The van der Waals surface area contributed by atoms with Crippen LogP contribution in [0.4, 0.5) is 0 Å². The molecule has 0 aromatic carbocycles. The van der Waals surface area contributed by atoms with Crippen molar-refractivity contribution in [2.75, 3.05) is 19.8 Å². The third-order valence-corrected chi connectivity index (χ3v) is 2.81. The third kappa shape index (κ3) is 16.7. The minimum Gasteiger partial charge on any atom is -0.466 e. The van der Waals surface area contributed by atoms with Gasteiger partial charge in [0.05, 0.1) is 19.8 Å². The summed E-state index contributed by atoms with van der Waals surface area (Å²) in [5.74, 6) is -0.567. The second-order valence-corrected chi connectivity index (χ2v) is 5.08. The van der Waals surface area contributed by atoms with Crippen LogP contribution in [0.1, 0.15) is 45.4 Å². The molecule has 0 saturated carbocycles. The fraction of sp³-hybridized carbons (Fsp3) is 0.733. The molecule has 0 atom stereocenters. The van der Waals surface area contributed by atoms with Crippen LogP contribution in [0.2, 0.25) is 6.82 Å². The molecule has 0 rings (SSSR count). The molecule has 0 aromatic heterocycles. The lowest BCUT2D eigenvalue weighted by molar-refractivity contribution is -0.142. The monoisotopic (exact) mass is 313 g/mol. The zero-order valence-corrected chi connectivity index (χ0v) is 13.7. The van der Waals surface area contributed by atoms with E-state index in [0.29, 0.717) is 13.2 Å². The van der Waals surface area contributed by atoms with Crippen molar-refractivity contribution >= 4 is 19.0 Å². The van der Waals surface area contributed by atoms with Crippen molar-refractivity contribution in [1.29, 1.82) is 0 Å². The van der Waals surface area contributed by atoms with E-state index in [1.165, 1.54) is 6.92 Å². The second kappa shape index (κ2) is 14.6. The maximum Gasteiger partial charge on any atom is 0.374 e. The summed E-state index contributed by atoms with van der Waals surface area (Å²) < 4.78 is 9.85. The van der Waals surface area contributed by atoms with Gasteiger partial charge in [-0.25, -0.2) is 0 Å². The van der Waals surface area contributed by atoms with Gasteiger partial charge >= 0.3 is 19.0 Å². The van der Waals surface area contributed by atoms with Crippen molar-refractivity contribution in [2.24, 2.45) is 0 Å². The molecule has 0 aromatic rings. The van der Waals surface area contributed by atoms with E-state index in [-0.39, 0.29) is 18.5 Å². The summed E-state index contributed by atoms with van der Waals surface area (Å²) in [6, 6.07) is 0. The van der Waals surface area contributed by atoms with Gasteiger partial charge in [-0.05, 0) is 45.3 Å². The first-order valence-corrected chi connectivity index (χ1v) is 7.88. The van der Waals surface area contributed by atoms with Gasteiger partial charge in [-0.3, -0.25) is 9.59 Å². The van der Waals surface area contributed by atoms with Gasteiger partial charge in [0.15, 0.2) is 0 Å². The van der Waals surface area contributed by atoms with Crippen LogP contribution in [-0.2, 0) is 19.1 Å². The molecule has 0 aliphatic heterocycles. The Morgan fingerprint density at radius 3 is 2.09 bits per heavy atom. The molecule has 0 aliphatic carbocycles. The molecule has 0 spiro atoms. The molecule has 0 amide bonds. The Bertz CT molecular complexity index is 334. The number of carbonyl (C=O) groups is 2. The number of esters is 2. The van der Waals surface area contributed by atoms with E-state index in [1.54, 1.807) is 6.82 Å². The van der Waals surface area contributed by atoms with E-state index in [2.05, 4.69) is 17.4 Å². The maximum atomic E-state index is 11.2. The summed E-state index contributed by atoms with van der Waals surface area (Å²) >= 11 is 0. The number of rotatable bonds is 13. The van der Waals surface area contributed by atoms with Crippen molar-refractivity contribution in [3.05, 3.63) is 12.2 Å². The average molecular weight is 313 g/mol. The Morgan fingerprint density at radius 1 is 1.05 bits per heavy atom. The van der Waals surface area contributed by atoms with Crippen LogP contribution in [0.5, 0.6) is 0 Å². The Hall–Kier alpha value is -1.34. The smallest absolute Gasteiger partial charge is 0.374 e. The Balaban J connectivity index is 3.26. The first kappa shape index (κ1) is 20.7. The fourth-order valence-corrected chi connectivity index (χ4v) is 1.65. The van der Waals surface area contributed by atoms with Gasteiger partial charge in [0, 0.05) is 6.92 Å². The van der Waals surface area contributed by atoms with Crippen LogP contribution in [0, 0.1) is 0 Å². The van der Waals surface area contributed by atoms with Crippen LogP contribution in [-0.4, -0.2) is 43.8 Å². The summed E-state index contributed by atoms with van der Waals surface area (Å²) in [6.45, 7) is 3.91. The van der Waals surface area contributed by atoms with Crippen LogP contribution in [0.15, 0.2) is 12.2 Å². The summed E-state index contributed by atoms with van der Waals surface area (Å²) in [7, 11) is -0.702. The highest BCUT2D eigenvalue weighted by atomic mass is 16.5. The SMILES string of the molecule is CB(O)NCC(=O)OCCCCC=CCCCCOC(C)=O. The van der Waals surface area contributed by atoms with E-state index in [0.717, 1.165) is 38.5 Å². The van der Waals surface area contributed by atoms with Gasteiger partial charge < -0.3 is 19.7 Å². The molecule has 0 heterocycles. The molecule has 126 valence electrons. The number of unbranched alkanes of at least 4 members (excludes halogenated alkanes) is 4. The van der Waals surface area contributed by atoms with Gasteiger partial charge in [-0.1, -0.05) is 12.2 Å². The first-order chi connectivity index (χ1) is 10.5. The molecule has 0 bridgehead atoms. The Kier molecular flexibility index (Phi) is 13.7. The van der Waals surface area contributed by atoms with Gasteiger partial charge in [0.25, 0.3) is 0 Å². The lowest BCUT2D eigenvalue weighted by atomic mass is 9.89. The summed E-state index contributed by atoms with van der Waals surface area (Å²) in [4.78, 5) is 21.7. The predicted molar refractivity (Wildman–Crippen MR) is 86.3 cm³/mol. The lowest BCUT2D eigenvalue weighted by Crippen LogP contribution is -2.35. The number of carbonyl (C=O) groups excluding carboxylic acids is 2. The highest BCUT2D eigenvalue weighted by molar-refractivity contribution is 6.45. The lowest BCUT2D eigenvalue weighted by Gasteiger charge is -2.05. The van der Waals surface area contributed by atoms with Crippen LogP contribution in [0.25, 0.3) is 0 Å². The van der Waals surface area contributed by atoms with Gasteiger partial charge in [0.2, 0.25) is 0 Å². The third-order valence-electron chi connectivity index (χ3n) is 2.81. The molecule has 0 saturated heterocycles. The van der Waals surface area contributed by atoms with Gasteiger partial charge in [-0.2, -0.15) is 0 Å². The summed E-state index contributed by atoms with van der Waals surface area (Å²) in [6.07, 6.45) is 9.92. The van der Waals surface area contributed by atoms with E-state index in [1.807, 2.05) is 0 Å². The van der Waals surface area contributed by atoms with Crippen molar-refractivity contribution in [3.8, 4) is 0 Å². The second-order valence-electron chi connectivity index (χ2n) is 5.08. The van der Waals surface area contributed by atoms with Crippen LogP contribution in [0.3, 0.4) is 0 Å². The fourth-order valence-electron chi connectivity index (χ4n) is 1.65. The van der Waals surface area contributed by atoms with Crippen molar-refractivity contribution in [3.63, 3.8) is 0 Å². The number of nitrogens with one attached hydrogen (secondary N) is 1. The predicted octanol–water partition coefficient (Wildman–Crippen LogP) is 1.69. The highest BCUT2D eigenvalue weighted by Crippen LogP contribution is 2.01. The maximum absolute atomic E-state index is 11.2. The van der Waals surface area contributed by atoms with Gasteiger partial charge in [-0.15, -0.1) is 0 Å². The standard InChI is InChI=1S/C15H28BNO5/c1-14(18)21-11-9-7-5-3-4-6-8-10-12-22-15(19)13-17-16(2)20/h3-4,17,20H,5-13H2,1-2H3. The molecule has 0 aliphatic rings. The van der Waals surface area contributed by atoms with Crippen LogP contribution < -0.4 is 5.23 Å². The topological polar surface area (TPSA) is 84.9 Å². The van der Waals surface area contributed by atoms with Crippen molar-refractivity contribution < 1.29 is 24.1 Å². The molecular formula is C15H28BNO5. The minimum atomic E-state index is -0.702. The van der Waals surface area contributed by atoms with Gasteiger partial charge in [0.1, 0.15) is 0 Å². The molecule has 0 radical (unpaired) electrons. The van der Waals surface area contributed by atoms with Crippen molar-refractivity contribution in [2.45, 2.75) is 52.3 Å². The number of hydrogen-bond donors (Lipinski definition) is 2. The number of hydrogen-bond acceptors (Lipinski definition) is 6. The molecule has 0 unspecified atom stereocenters. The quantitative estimate of drug-likeness (QED) is 0.233. The number of ether oxygens (including phenoxy) is 2. The molecule has 0 fully saturated rings. The zero-order valence-electron chi connectivity index (χ0n) is 13.7. The Morgan fingerprint density at radius 2 is 1.59 bits per heavy atom. The number of allylic oxidation sites excluding steroid dienone is 2.